The maximum Gasteiger partial charge on any atom is 0.191 e. The summed E-state index contributed by atoms with van der Waals surface area (Å²) in [6, 6.07) is 4.88. The Bertz CT molecular complexity index is 487. The van der Waals surface area contributed by atoms with Crippen LogP contribution < -0.4 is 10.6 Å². The quantitative estimate of drug-likeness (QED) is 0.584. The molecule has 5 heteroatoms. The van der Waals surface area contributed by atoms with E-state index in [1.54, 1.807) is 0 Å². The highest BCUT2D eigenvalue weighted by atomic mass is 32.1. The number of nitrogens with zero attached hydrogens (tertiary/aromatic N) is 2. The molecular weight excluding hydrogens is 316 g/mol. The van der Waals surface area contributed by atoms with E-state index in [4.69, 9.17) is 4.99 Å². The minimum Gasteiger partial charge on any atom is -0.357 e. The maximum atomic E-state index is 4.88. The van der Waals surface area contributed by atoms with Gasteiger partial charge in [0.05, 0.1) is 6.54 Å². The van der Waals surface area contributed by atoms with Crippen molar-refractivity contribution in [3.8, 4) is 0 Å². The molecule has 0 spiro atoms. The Balaban J connectivity index is 1.89. The molecule has 1 aliphatic heterocycles. The summed E-state index contributed by atoms with van der Waals surface area (Å²) in [6.07, 6.45) is 3.66. The number of rotatable bonds is 7. The van der Waals surface area contributed by atoms with Crippen LogP contribution >= 0.6 is 11.3 Å². The smallest absolute Gasteiger partial charge is 0.191 e. The lowest BCUT2D eigenvalue weighted by molar-refractivity contribution is 0.206. The van der Waals surface area contributed by atoms with Crippen LogP contribution in [0.3, 0.4) is 0 Å². The van der Waals surface area contributed by atoms with Crippen LogP contribution in [0.25, 0.3) is 0 Å². The largest absolute Gasteiger partial charge is 0.357 e. The van der Waals surface area contributed by atoms with Crippen molar-refractivity contribution in [3.63, 3.8) is 0 Å². The van der Waals surface area contributed by atoms with Gasteiger partial charge in [0.2, 0.25) is 0 Å². The molecule has 2 heterocycles. The Morgan fingerprint density at radius 1 is 1.33 bits per heavy atom. The lowest BCUT2D eigenvalue weighted by Crippen LogP contribution is -2.49. The van der Waals surface area contributed by atoms with Gasteiger partial charge < -0.3 is 15.5 Å². The molecule has 2 rings (SSSR count). The van der Waals surface area contributed by atoms with E-state index in [1.165, 1.54) is 43.8 Å². The van der Waals surface area contributed by atoms with Crippen molar-refractivity contribution in [2.24, 2.45) is 4.99 Å². The zero-order valence-corrected chi connectivity index (χ0v) is 16.6. The summed E-state index contributed by atoms with van der Waals surface area (Å²) in [4.78, 5) is 8.85. The number of likely N-dealkylation sites (tertiary alicyclic amines) is 1. The zero-order chi connectivity index (χ0) is 17.4. The fourth-order valence-electron chi connectivity index (χ4n) is 3.15. The summed E-state index contributed by atoms with van der Waals surface area (Å²) in [5.74, 6) is 0.969. The standard InChI is InChI=1S/C19H34N4S/c1-5-11-23-12-9-16(10-13-23)22-18(20-6-2)21-15-19(3,4)17-8-7-14-24-17/h7-8,14,16H,5-6,9-13,15H2,1-4H3,(H2,20,21,22). The van der Waals surface area contributed by atoms with Crippen molar-refractivity contribution >= 4 is 17.3 Å². The second-order valence-corrected chi connectivity index (χ2v) is 8.26. The highest BCUT2D eigenvalue weighted by Gasteiger charge is 2.23. The van der Waals surface area contributed by atoms with Gasteiger partial charge in [0, 0.05) is 36.0 Å². The predicted molar refractivity (Wildman–Crippen MR) is 106 cm³/mol. The molecule has 136 valence electrons. The number of guanidine groups is 1. The number of thiophene rings is 1. The summed E-state index contributed by atoms with van der Waals surface area (Å²) in [5.41, 5.74) is 0.0843. The van der Waals surface area contributed by atoms with Crippen LogP contribution in [0.5, 0.6) is 0 Å². The molecule has 0 radical (unpaired) electrons. The normalized spacial score (nSPS) is 17.9. The van der Waals surface area contributed by atoms with Gasteiger partial charge in [0.25, 0.3) is 0 Å². The fraction of sp³-hybridized carbons (Fsp3) is 0.737. The van der Waals surface area contributed by atoms with Gasteiger partial charge in [-0.05, 0) is 44.2 Å². The van der Waals surface area contributed by atoms with Crippen molar-refractivity contribution in [3.05, 3.63) is 22.4 Å². The zero-order valence-electron chi connectivity index (χ0n) is 15.8. The number of hydrogen-bond acceptors (Lipinski definition) is 3. The molecule has 1 aromatic heterocycles. The van der Waals surface area contributed by atoms with E-state index in [9.17, 15) is 0 Å². The molecule has 0 aromatic carbocycles. The predicted octanol–water partition coefficient (Wildman–Crippen LogP) is 3.46. The van der Waals surface area contributed by atoms with Gasteiger partial charge in [-0.3, -0.25) is 4.99 Å². The summed E-state index contributed by atoms with van der Waals surface area (Å²) >= 11 is 1.82. The van der Waals surface area contributed by atoms with Crippen LogP contribution in [-0.4, -0.2) is 49.6 Å². The Labute approximate surface area is 151 Å². The first kappa shape index (κ1) is 19.3. The highest BCUT2D eigenvalue weighted by Crippen LogP contribution is 2.27. The molecule has 1 aromatic rings. The highest BCUT2D eigenvalue weighted by molar-refractivity contribution is 7.10. The summed E-state index contributed by atoms with van der Waals surface area (Å²) < 4.78 is 0. The summed E-state index contributed by atoms with van der Waals surface area (Å²) in [5, 5.41) is 9.21. The van der Waals surface area contributed by atoms with Gasteiger partial charge in [-0.2, -0.15) is 0 Å². The van der Waals surface area contributed by atoms with Gasteiger partial charge in [0.15, 0.2) is 5.96 Å². The van der Waals surface area contributed by atoms with Crippen LogP contribution in [0.1, 0.15) is 51.8 Å². The third kappa shape index (κ3) is 5.78. The van der Waals surface area contributed by atoms with Gasteiger partial charge in [-0.1, -0.05) is 26.8 Å². The first-order chi connectivity index (χ1) is 11.5. The molecule has 0 bridgehead atoms. The van der Waals surface area contributed by atoms with Crippen molar-refractivity contribution in [1.29, 1.82) is 0 Å². The third-order valence-corrected chi connectivity index (χ3v) is 5.87. The minimum atomic E-state index is 0.0843. The Morgan fingerprint density at radius 3 is 2.67 bits per heavy atom. The number of nitrogens with one attached hydrogen (secondary N) is 2. The number of piperidine rings is 1. The van der Waals surface area contributed by atoms with E-state index in [-0.39, 0.29) is 5.41 Å². The lowest BCUT2D eigenvalue weighted by atomic mass is 9.92. The monoisotopic (exact) mass is 350 g/mol. The maximum absolute atomic E-state index is 4.88. The summed E-state index contributed by atoms with van der Waals surface area (Å²) in [7, 11) is 0. The Morgan fingerprint density at radius 2 is 2.08 bits per heavy atom. The Hall–Kier alpha value is -1.07. The van der Waals surface area contributed by atoms with E-state index in [0.29, 0.717) is 6.04 Å². The molecular formula is C19H34N4S. The van der Waals surface area contributed by atoms with Crippen LogP contribution in [0.4, 0.5) is 0 Å². The molecule has 2 N–H and O–H groups in total. The van der Waals surface area contributed by atoms with Gasteiger partial charge >= 0.3 is 0 Å². The molecule has 0 unspecified atom stereocenters. The molecule has 1 fully saturated rings. The first-order valence-electron chi connectivity index (χ1n) is 9.36. The molecule has 0 saturated carbocycles. The van der Waals surface area contributed by atoms with E-state index in [2.05, 4.69) is 60.7 Å². The fourth-order valence-corrected chi connectivity index (χ4v) is 3.99. The molecule has 0 aliphatic carbocycles. The third-order valence-electron chi connectivity index (χ3n) is 4.63. The average Bonchev–Trinajstić information content (AvgIpc) is 3.10. The SMILES string of the molecule is CCCN1CCC(NC(=NCC(C)(C)c2cccs2)NCC)CC1. The van der Waals surface area contributed by atoms with E-state index >= 15 is 0 Å². The van der Waals surface area contributed by atoms with Gasteiger partial charge in [-0.25, -0.2) is 0 Å². The van der Waals surface area contributed by atoms with Crippen LogP contribution in [0, 0.1) is 0 Å². The van der Waals surface area contributed by atoms with E-state index < -0.39 is 0 Å². The summed E-state index contributed by atoms with van der Waals surface area (Å²) in [6.45, 7) is 14.3. The van der Waals surface area contributed by atoms with Gasteiger partial charge in [-0.15, -0.1) is 11.3 Å². The molecule has 1 saturated heterocycles. The van der Waals surface area contributed by atoms with Crippen molar-refractivity contribution in [2.45, 2.75) is 58.4 Å². The van der Waals surface area contributed by atoms with Crippen LogP contribution in [-0.2, 0) is 5.41 Å². The van der Waals surface area contributed by atoms with Crippen molar-refractivity contribution in [2.75, 3.05) is 32.7 Å². The topological polar surface area (TPSA) is 39.7 Å². The van der Waals surface area contributed by atoms with E-state index in [0.717, 1.165) is 19.0 Å². The average molecular weight is 351 g/mol. The molecule has 0 amide bonds. The Kier molecular flexibility index (Phi) is 7.56. The van der Waals surface area contributed by atoms with Crippen LogP contribution in [0.2, 0.25) is 0 Å². The molecule has 1 aliphatic rings. The molecule has 4 nitrogen and oxygen atoms in total. The molecule has 0 atom stereocenters. The lowest BCUT2D eigenvalue weighted by Gasteiger charge is -2.33. The first-order valence-corrected chi connectivity index (χ1v) is 10.2. The van der Waals surface area contributed by atoms with Crippen LogP contribution in [0.15, 0.2) is 22.5 Å². The van der Waals surface area contributed by atoms with Gasteiger partial charge in [0.1, 0.15) is 0 Å². The minimum absolute atomic E-state index is 0.0843. The number of hydrogen-bond donors (Lipinski definition) is 2. The van der Waals surface area contributed by atoms with Crippen molar-refractivity contribution in [1.82, 2.24) is 15.5 Å². The van der Waals surface area contributed by atoms with Crippen molar-refractivity contribution < 1.29 is 0 Å². The molecule has 24 heavy (non-hydrogen) atoms. The second-order valence-electron chi connectivity index (χ2n) is 7.32. The van der Waals surface area contributed by atoms with E-state index in [1.807, 2.05) is 11.3 Å². The second kappa shape index (κ2) is 9.42. The number of aliphatic imine (C=N–C) groups is 1.